The van der Waals surface area contributed by atoms with Gasteiger partial charge in [-0.3, -0.25) is 19.4 Å². The average molecular weight is 570 g/mol. The van der Waals surface area contributed by atoms with Gasteiger partial charge in [0, 0.05) is 35.4 Å². The number of hydrogen-bond acceptors (Lipinski definition) is 12. The fourth-order valence-corrected chi connectivity index (χ4v) is 4.36. The number of phenolic OH excluding ortho intramolecular Hbond substituents is 4. The molecule has 0 amide bonds. The molecule has 6 aromatic rings. The molecule has 0 aliphatic rings. The standard InChI is InChI=1S/C30H18O12/c31-15-9-19(33)23-21(11-15)39-29(27(37)25(23)35)13-1-5-17(6-2-13)41-42-18-7-3-14(4-8-18)30-28(38)26(36)24-20(34)10-16(32)12-22(24)40-30/h1-12,31-34,37-38H. The normalized spacial score (nSPS) is 11.1. The largest absolute Gasteiger partial charge is 0.508 e. The van der Waals surface area contributed by atoms with E-state index in [1.54, 1.807) is 0 Å². The van der Waals surface area contributed by atoms with Crippen LogP contribution in [-0.4, -0.2) is 30.6 Å². The Bertz CT molecular complexity index is 1970. The Hall–Kier alpha value is -6.30. The highest BCUT2D eigenvalue weighted by molar-refractivity contribution is 5.89. The molecule has 12 nitrogen and oxygen atoms in total. The van der Waals surface area contributed by atoms with Crippen LogP contribution >= 0.6 is 0 Å². The van der Waals surface area contributed by atoms with Crippen LogP contribution < -0.4 is 20.6 Å². The van der Waals surface area contributed by atoms with E-state index in [1.807, 2.05) is 0 Å². The van der Waals surface area contributed by atoms with Crippen molar-refractivity contribution in [3.63, 3.8) is 0 Å². The molecule has 0 saturated carbocycles. The van der Waals surface area contributed by atoms with E-state index >= 15 is 0 Å². The van der Waals surface area contributed by atoms with E-state index in [0.29, 0.717) is 11.1 Å². The first-order chi connectivity index (χ1) is 20.1. The van der Waals surface area contributed by atoms with E-state index in [0.717, 1.165) is 24.3 Å². The maximum atomic E-state index is 12.6. The zero-order valence-electron chi connectivity index (χ0n) is 21.1. The molecule has 2 heterocycles. The number of phenols is 4. The van der Waals surface area contributed by atoms with Gasteiger partial charge < -0.3 is 39.5 Å². The van der Waals surface area contributed by atoms with Crippen LogP contribution in [0.4, 0.5) is 0 Å². The zero-order valence-corrected chi connectivity index (χ0v) is 21.1. The lowest BCUT2D eigenvalue weighted by Gasteiger charge is -2.10. The predicted octanol–water partition coefficient (Wildman–Crippen LogP) is 4.84. The zero-order chi connectivity index (χ0) is 29.7. The minimum atomic E-state index is -0.872. The van der Waals surface area contributed by atoms with E-state index in [-0.39, 0.29) is 56.5 Å². The Balaban J connectivity index is 1.21. The minimum Gasteiger partial charge on any atom is -0.508 e. The first kappa shape index (κ1) is 26.0. The molecule has 0 bridgehead atoms. The fourth-order valence-electron chi connectivity index (χ4n) is 4.36. The molecule has 6 N–H and O–H groups in total. The third-order valence-electron chi connectivity index (χ3n) is 6.34. The highest BCUT2D eigenvalue weighted by Crippen LogP contribution is 2.37. The Kier molecular flexibility index (Phi) is 6.00. The monoisotopic (exact) mass is 570 g/mol. The molecular formula is C30H18O12. The summed E-state index contributed by atoms with van der Waals surface area (Å²) >= 11 is 0. The van der Waals surface area contributed by atoms with E-state index in [9.17, 15) is 40.2 Å². The molecule has 210 valence electrons. The second-order valence-electron chi connectivity index (χ2n) is 9.11. The van der Waals surface area contributed by atoms with Crippen molar-refractivity contribution in [3.05, 3.63) is 93.2 Å². The second kappa shape index (κ2) is 9.71. The highest BCUT2D eigenvalue weighted by atomic mass is 17.2. The third-order valence-corrected chi connectivity index (χ3v) is 6.34. The van der Waals surface area contributed by atoms with Gasteiger partial charge >= 0.3 is 0 Å². The molecule has 0 fully saturated rings. The van der Waals surface area contributed by atoms with Gasteiger partial charge in [-0.2, -0.15) is 0 Å². The summed E-state index contributed by atoms with van der Waals surface area (Å²) in [6, 6.07) is 16.0. The molecule has 0 atom stereocenters. The first-order valence-electron chi connectivity index (χ1n) is 12.1. The summed E-state index contributed by atoms with van der Waals surface area (Å²) in [4.78, 5) is 35.8. The van der Waals surface area contributed by atoms with Crippen molar-refractivity contribution in [2.24, 2.45) is 0 Å². The third kappa shape index (κ3) is 4.38. The van der Waals surface area contributed by atoms with Crippen molar-refractivity contribution >= 4 is 21.9 Å². The summed E-state index contributed by atoms with van der Waals surface area (Å²) in [6.45, 7) is 0. The molecule has 0 aliphatic carbocycles. The van der Waals surface area contributed by atoms with Crippen LogP contribution in [0.25, 0.3) is 44.6 Å². The fraction of sp³-hybridized carbons (Fsp3) is 0. The molecule has 0 saturated heterocycles. The van der Waals surface area contributed by atoms with Crippen LogP contribution in [0.3, 0.4) is 0 Å². The topological polar surface area (TPSA) is 200 Å². The van der Waals surface area contributed by atoms with Crippen molar-refractivity contribution < 1.29 is 49.2 Å². The number of fused-ring (bicyclic) bond motifs is 2. The van der Waals surface area contributed by atoms with Crippen LogP contribution in [0.2, 0.25) is 0 Å². The maximum Gasteiger partial charge on any atom is 0.238 e. The van der Waals surface area contributed by atoms with Gasteiger partial charge in [0.15, 0.2) is 23.0 Å². The summed E-state index contributed by atoms with van der Waals surface area (Å²) in [7, 11) is 0. The quantitative estimate of drug-likeness (QED) is 0.122. The summed E-state index contributed by atoms with van der Waals surface area (Å²) in [5.41, 5.74) is -1.39. The van der Waals surface area contributed by atoms with Crippen LogP contribution in [0.5, 0.6) is 46.0 Å². The second-order valence-corrected chi connectivity index (χ2v) is 9.11. The van der Waals surface area contributed by atoms with Gasteiger partial charge in [0.1, 0.15) is 44.9 Å². The first-order valence-corrected chi connectivity index (χ1v) is 12.1. The van der Waals surface area contributed by atoms with Crippen molar-refractivity contribution in [2.45, 2.75) is 0 Å². The van der Waals surface area contributed by atoms with E-state index in [4.69, 9.17) is 18.6 Å². The van der Waals surface area contributed by atoms with Crippen LogP contribution in [0, 0.1) is 0 Å². The molecule has 12 heteroatoms. The van der Waals surface area contributed by atoms with Crippen molar-refractivity contribution in [1.82, 2.24) is 0 Å². The van der Waals surface area contributed by atoms with Gasteiger partial charge in [-0.05, 0) is 48.5 Å². The smallest absolute Gasteiger partial charge is 0.238 e. The van der Waals surface area contributed by atoms with Crippen molar-refractivity contribution in [2.75, 3.05) is 0 Å². The molecule has 0 radical (unpaired) electrons. The van der Waals surface area contributed by atoms with Crippen molar-refractivity contribution in [3.8, 4) is 68.6 Å². The highest BCUT2D eigenvalue weighted by Gasteiger charge is 2.20. The van der Waals surface area contributed by atoms with Crippen LogP contribution in [0.1, 0.15) is 0 Å². The molecule has 6 rings (SSSR count). The molecule has 2 aromatic heterocycles. The molecule has 0 unspecified atom stereocenters. The van der Waals surface area contributed by atoms with E-state index in [2.05, 4.69) is 0 Å². The Morgan fingerprint density at radius 3 is 1.21 bits per heavy atom. The molecule has 42 heavy (non-hydrogen) atoms. The lowest BCUT2D eigenvalue weighted by atomic mass is 10.1. The molecule has 0 spiro atoms. The van der Waals surface area contributed by atoms with Gasteiger partial charge in [-0.1, -0.05) is 0 Å². The van der Waals surface area contributed by atoms with E-state index in [1.165, 1.54) is 48.5 Å². The number of aromatic hydroxyl groups is 6. The molecular weight excluding hydrogens is 552 g/mol. The average Bonchev–Trinajstić information content (AvgIpc) is 2.95. The van der Waals surface area contributed by atoms with Crippen molar-refractivity contribution in [1.29, 1.82) is 0 Å². The molecule has 0 aliphatic heterocycles. The number of hydrogen-bond donors (Lipinski definition) is 6. The van der Waals surface area contributed by atoms with Gasteiger partial charge in [-0.25, -0.2) is 0 Å². The lowest BCUT2D eigenvalue weighted by Crippen LogP contribution is -2.03. The molecule has 4 aromatic carbocycles. The van der Waals surface area contributed by atoms with Gasteiger partial charge in [0.05, 0.1) is 0 Å². The predicted molar refractivity (Wildman–Crippen MR) is 147 cm³/mol. The summed E-state index contributed by atoms with van der Waals surface area (Å²) in [5.74, 6) is -3.07. The Morgan fingerprint density at radius 2 is 0.857 bits per heavy atom. The minimum absolute atomic E-state index is 0.120. The Morgan fingerprint density at radius 1 is 0.500 bits per heavy atom. The van der Waals surface area contributed by atoms with E-state index < -0.39 is 33.9 Å². The summed E-state index contributed by atoms with van der Waals surface area (Å²) in [6.07, 6.45) is 0. The maximum absolute atomic E-state index is 12.6. The van der Waals surface area contributed by atoms with Crippen LogP contribution in [0.15, 0.2) is 91.2 Å². The lowest BCUT2D eigenvalue weighted by molar-refractivity contribution is -0.0999. The summed E-state index contributed by atoms with van der Waals surface area (Å²) in [5, 5.41) is 59.6. The summed E-state index contributed by atoms with van der Waals surface area (Å²) < 4.78 is 11.2. The number of benzene rings is 4. The van der Waals surface area contributed by atoms with Gasteiger partial charge in [-0.15, -0.1) is 0 Å². The van der Waals surface area contributed by atoms with Gasteiger partial charge in [0.25, 0.3) is 0 Å². The van der Waals surface area contributed by atoms with Gasteiger partial charge in [0.2, 0.25) is 22.4 Å². The SMILES string of the molecule is O=c1c(O)c(-c2ccc(OOc3ccc(-c4oc5cc(O)cc(O)c5c(=O)c4O)cc3)cc2)oc2cc(O)cc(O)c12. The number of rotatable bonds is 5. The van der Waals surface area contributed by atoms with Crippen LogP contribution in [-0.2, 0) is 0 Å². The Labute approximate surface area is 233 Å².